The molecule has 0 bridgehead atoms. The molecule has 34 heavy (non-hydrogen) atoms. The Balaban J connectivity index is 1.97. The van der Waals surface area contributed by atoms with Crippen molar-refractivity contribution in [3.63, 3.8) is 0 Å². The van der Waals surface area contributed by atoms with Crippen molar-refractivity contribution in [1.82, 2.24) is 19.7 Å². The number of aryl methyl sites for hydroxylation is 2. The first-order valence-electron chi connectivity index (χ1n) is 10.1. The van der Waals surface area contributed by atoms with Gasteiger partial charge in [-0.1, -0.05) is 5.16 Å². The van der Waals surface area contributed by atoms with Gasteiger partial charge in [-0.2, -0.15) is 22.7 Å². The van der Waals surface area contributed by atoms with Gasteiger partial charge in [0.1, 0.15) is 11.9 Å². The summed E-state index contributed by atoms with van der Waals surface area (Å²) >= 11 is 0. The third-order valence-electron chi connectivity index (χ3n) is 5.23. The van der Waals surface area contributed by atoms with Gasteiger partial charge in [-0.3, -0.25) is 4.98 Å². The third kappa shape index (κ3) is 3.96. The maximum atomic E-state index is 12.9. The molecule has 0 aliphatic carbocycles. The molecule has 2 N–H and O–H groups in total. The lowest BCUT2D eigenvalue weighted by atomic mass is 9.96. The molecule has 4 aromatic rings. The molecule has 3 heterocycles. The topological polar surface area (TPSA) is 123 Å². The second-order valence-electron chi connectivity index (χ2n) is 7.45. The van der Waals surface area contributed by atoms with Gasteiger partial charge in [-0.25, -0.2) is 4.79 Å². The number of ether oxygens (including phenoxy) is 1. The summed E-state index contributed by atoms with van der Waals surface area (Å²) in [7, 11) is 0. The van der Waals surface area contributed by atoms with Crippen LogP contribution in [0.25, 0.3) is 22.2 Å². The summed E-state index contributed by atoms with van der Waals surface area (Å²) in [5, 5.41) is 24.8. The van der Waals surface area contributed by atoms with E-state index >= 15 is 0 Å². The Bertz CT molecular complexity index is 1360. The fraction of sp³-hybridized carbons (Fsp3) is 0.273. The SMILES string of the molecule is CCOc1nc2c(C(O)c3ccc(C(F)(F)F)cn3)cc(-c3c(C)noc3C)cc2n1C(=O)O. The van der Waals surface area contributed by atoms with E-state index in [-0.39, 0.29) is 34.9 Å². The molecule has 178 valence electrons. The minimum atomic E-state index is -4.58. The Morgan fingerprint density at radius 2 is 2.00 bits per heavy atom. The second kappa shape index (κ2) is 8.45. The zero-order valence-electron chi connectivity index (χ0n) is 18.2. The molecule has 0 amide bonds. The van der Waals surface area contributed by atoms with Crippen molar-refractivity contribution >= 4 is 17.1 Å². The lowest BCUT2D eigenvalue weighted by Crippen LogP contribution is -2.11. The van der Waals surface area contributed by atoms with Crippen molar-refractivity contribution < 1.29 is 37.4 Å². The number of carboxylic acid groups (broad SMARTS) is 1. The van der Waals surface area contributed by atoms with Crippen molar-refractivity contribution in [3.05, 3.63) is 58.7 Å². The van der Waals surface area contributed by atoms with Crippen molar-refractivity contribution in [2.24, 2.45) is 0 Å². The average Bonchev–Trinajstić information content (AvgIpc) is 3.31. The molecule has 1 atom stereocenters. The molecular formula is C22H19F3N4O5. The number of nitrogens with zero attached hydrogens (tertiary/aromatic N) is 4. The van der Waals surface area contributed by atoms with Crippen molar-refractivity contribution in [2.45, 2.75) is 33.1 Å². The number of hydrogen-bond acceptors (Lipinski definition) is 7. The third-order valence-corrected chi connectivity index (χ3v) is 5.23. The molecule has 12 heteroatoms. The first-order valence-corrected chi connectivity index (χ1v) is 10.1. The molecule has 1 unspecified atom stereocenters. The Labute approximate surface area is 190 Å². The van der Waals surface area contributed by atoms with Crippen molar-refractivity contribution in [1.29, 1.82) is 0 Å². The van der Waals surface area contributed by atoms with Gasteiger partial charge in [0.05, 0.1) is 34.6 Å². The van der Waals surface area contributed by atoms with Crippen LogP contribution in [0.3, 0.4) is 0 Å². The quantitative estimate of drug-likeness (QED) is 0.424. The van der Waals surface area contributed by atoms with E-state index in [1.165, 1.54) is 0 Å². The largest absolute Gasteiger partial charge is 0.465 e. The van der Waals surface area contributed by atoms with Gasteiger partial charge in [-0.05, 0) is 50.6 Å². The van der Waals surface area contributed by atoms with Gasteiger partial charge in [0.25, 0.3) is 0 Å². The van der Waals surface area contributed by atoms with Gasteiger partial charge in [0.15, 0.2) is 0 Å². The van der Waals surface area contributed by atoms with Crippen LogP contribution in [0.15, 0.2) is 35.0 Å². The molecule has 0 radical (unpaired) electrons. The summed E-state index contributed by atoms with van der Waals surface area (Å²) in [6.45, 7) is 5.16. The van der Waals surface area contributed by atoms with E-state index in [9.17, 15) is 28.2 Å². The van der Waals surface area contributed by atoms with Crippen LogP contribution in [0.1, 0.15) is 41.3 Å². The van der Waals surface area contributed by atoms with E-state index in [0.717, 1.165) is 16.7 Å². The minimum absolute atomic E-state index is 0.0759. The monoisotopic (exact) mass is 476 g/mol. The fourth-order valence-corrected chi connectivity index (χ4v) is 3.73. The van der Waals surface area contributed by atoms with E-state index in [0.29, 0.717) is 28.8 Å². The first-order chi connectivity index (χ1) is 16.0. The lowest BCUT2D eigenvalue weighted by molar-refractivity contribution is -0.137. The number of rotatable bonds is 5. The molecule has 0 aliphatic rings. The van der Waals surface area contributed by atoms with Crippen LogP contribution in [0.4, 0.5) is 18.0 Å². The molecule has 0 spiro atoms. The normalized spacial score (nSPS) is 12.8. The highest BCUT2D eigenvalue weighted by atomic mass is 19.4. The number of benzene rings is 1. The van der Waals surface area contributed by atoms with E-state index in [1.54, 1.807) is 32.9 Å². The summed E-state index contributed by atoms with van der Waals surface area (Å²) in [5.74, 6) is 0.455. The highest BCUT2D eigenvalue weighted by Crippen LogP contribution is 2.37. The zero-order chi connectivity index (χ0) is 24.8. The number of alkyl halides is 3. The highest BCUT2D eigenvalue weighted by Gasteiger charge is 2.31. The average molecular weight is 476 g/mol. The molecule has 0 aliphatic heterocycles. The lowest BCUT2D eigenvalue weighted by Gasteiger charge is -2.14. The summed E-state index contributed by atoms with van der Waals surface area (Å²) in [6.07, 6.45) is -6.85. The summed E-state index contributed by atoms with van der Waals surface area (Å²) in [5.41, 5.74) is 0.851. The van der Waals surface area contributed by atoms with Gasteiger partial charge >= 0.3 is 18.3 Å². The number of aromatic nitrogens is 4. The Morgan fingerprint density at radius 1 is 1.26 bits per heavy atom. The predicted octanol–water partition coefficient (Wildman–Crippen LogP) is 4.73. The van der Waals surface area contributed by atoms with E-state index in [4.69, 9.17) is 9.26 Å². The van der Waals surface area contributed by atoms with Crippen molar-refractivity contribution in [2.75, 3.05) is 6.61 Å². The number of fused-ring (bicyclic) bond motifs is 1. The number of pyridine rings is 1. The molecule has 0 saturated heterocycles. The molecule has 1 aromatic carbocycles. The van der Waals surface area contributed by atoms with Crippen molar-refractivity contribution in [3.8, 4) is 17.1 Å². The highest BCUT2D eigenvalue weighted by molar-refractivity contribution is 5.93. The Kier molecular flexibility index (Phi) is 5.77. The van der Waals surface area contributed by atoms with Crippen LogP contribution in [0, 0.1) is 13.8 Å². The predicted molar refractivity (Wildman–Crippen MR) is 113 cm³/mol. The number of halogens is 3. The number of aliphatic hydroxyl groups is 1. The zero-order valence-corrected chi connectivity index (χ0v) is 18.2. The summed E-state index contributed by atoms with van der Waals surface area (Å²) < 4.78 is 50.2. The summed E-state index contributed by atoms with van der Waals surface area (Å²) in [6, 6.07) is 4.74. The maximum absolute atomic E-state index is 12.9. The number of hydrogen-bond donors (Lipinski definition) is 2. The molecule has 4 rings (SSSR count). The first kappa shape index (κ1) is 23.2. The van der Waals surface area contributed by atoms with Crippen LogP contribution >= 0.6 is 0 Å². The van der Waals surface area contributed by atoms with Crippen LogP contribution in [-0.4, -0.2) is 42.6 Å². The molecule has 0 saturated carbocycles. The van der Waals surface area contributed by atoms with Crippen LogP contribution in [0.5, 0.6) is 6.01 Å². The molecule has 3 aromatic heterocycles. The molecule has 9 nitrogen and oxygen atoms in total. The van der Waals surface area contributed by atoms with E-state index in [2.05, 4.69) is 15.1 Å². The van der Waals surface area contributed by atoms with Crippen LogP contribution < -0.4 is 4.74 Å². The Morgan fingerprint density at radius 3 is 2.53 bits per heavy atom. The standard InChI is InChI=1S/C22H19F3N4O5/c1-4-33-20-27-18-14(19(30)15-6-5-13(9-26-15)22(23,24)25)7-12(8-16(18)29(20)21(31)32)17-10(2)28-34-11(17)3/h5-9,19,30H,4H2,1-3H3,(H,31,32). The van der Waals surface area contributed by atoms with E-state index in [1.807, 2.05) is 0 Å². The van der Waals surface area contributed by atoms with Gasteiger partial charge in [-0.15, -0.1) is 0 Å². The number of carbonyl (C=O) groups is 1. The van der Waals surface area contributed by atoms with Gasteiger partial charge in [0, 0.05) is 17.3 Å². The summed E-state index contributed by atoms with van der Waals surface area (Å²) in [4.78, 5) is 20.0. The maximum Gasteiger partial charge on any atom is 0.420 e. The van der Waals surface area contributed by atoms with E-state index < -0.39 is 23.9 Å². The smallest absolute Gasteiger partial charge is 0.420 e. The van der Waals surface area contributed by atoms with Gasteiger partial charge in [0.2, 0.25) is 0 Å². The molecular weight excluding hydrogens is 457 g/mol. The minimum Gasteiger partial charge on any atom is -0.465 e. The van der Waals surface area contributed by atoms with Crippen LogP contribution in [-0.2, 0) is 6.18 Å². The Hall–Kier alpha value is -3.93. The van der Waals surface area contributed by atoms with Gasteiger partial charge < -0.3 is 19.5 Å². The fourth-order valence-electron chi connectivity index (χ4n) is 3.73. The number of aliphatic hydroxyl groups excluding tert-OH is 1. The second-order valence-corrected chi connectivity index (χ2v) is 7.45. The molecule has 0 fully saturated rings. The van der Waals surface area contributed by atoms with Crippen LogP contribution in [0.2, 0.25) is 0 Å². The number of imidazole rings is 1.